The molecule has 0 radical (unpaired) electrons. The molecule has 11 heteroatoms. The second-order valence-electron chi connectivity index (χ2n) is 14.6. The first-order valence-corrected chi connectivity index (χ1v) is 22.5. The summed E-state index contributed by atoms with van der Waals surface area (Å²) in [6.45, 7) is 18.0. The summed E-state index contributed by atoms with van der Waals surface area (Å²) in [6, 6.07) is 21.5. The first-order chi connectivity index (χ1) is 21.6. The number of thioether (sulfide) groups is 1. The average Bonchev–Trinajstić information content (AvgIpc) is 3.60. The van der Waals surface area contributed by atoms with Crippen molar-refractivity contribution in [2.24, 2.45) is 0 Å². The standard InChI is InChI=1S/C35H43ClN4O3SSi2/c1-34(2,3)46(24-15-11-9-12-16-24,25-17-13-10-14-18-25)41-22-26-28-29(43-35(4,5)42-28)32(44-26)40-21-23(19-20-45(6,7)8)27-30(37)38-33(36)39-31(27)40/h9-18,21,26,28-29,32H,22H2,1-8H3,(H2,37,38,39)/t26-,28-,29-,32-/m1/s1. The lowest BCUT2D eigenvalue weighted by molar-refractivity contribution is -0.149. The highest BCUT2D eigenvalue weighted by molar-refractivity contribution is 8.00. The van der Waals surface area contributed by atoms with Gasteiger partial charge in [0.1, 0.15) is 37.1 Å². The molecule has 0 aliphatic carbocycles. The number of nitrogens with zero attached hydrogens (tertiary/aromatic N) is 3. The molecule has 0 unspecified atom stereocenters. The highest BCUT2D eigenvalue weighted by atomic mass is 35.5. The minimum atomic E-state index is -2.77. The summed E-state index contributed by atoms with van der Waals surface area (Å²) in [7, 11) is -4.44. The molecule has 0 amide bonds. The Balaban J connectivity index is 1.42. The minimum Gasteiger partial charge on any atom is -0.406 e. The molecule has 2 fully saturated rings. The Morgan fingerprint density at radius 3 is 2.13 bits per heavy atom. The van der Waals surface area contributed by atoms with E-state index in [1.807, 2.05) is 20.0 Å². The number of nitrogen functional groups attached to an aromatic ring is 1. The lowest BCUT2D eigenvalue weighted by atomic mass is 10.1. The van der Waals surface area contributed by atoms with Crippen LogP contribution in [0, 0.1) is 11.5 Å². The minimum absolute atomic E-state index is 0.0120. The molecule has 0 spiro atoms. The largest absolute Gasteiger partial charge is 0.406 e. The van der Waals surface area contributed by atoms with Crippen molar-refractivity contribution in [2.75, 3.05) is 12.3 Å². The van der Waals surface area contributed by atoms with Crippen LogP contribution in [0.25, 0.3) is 11.0 Å². The first kappa shape index (κ1) is 33.3. The summed E-state index contributed by atoms with van der Waals surface area (Å²) >= 11 is 8.17. The summed E-state index contributed by atoms with van der Waals surface area (Å²) in [6.07, 6.45) is 1.58. The Labute approximate surface area is 283 Å². The van der Waals surface area contributed by atoms with Crippen LogP contribution in [0.4, 0.5) is 5.82 Å². The van der Waals surface area contributed by atoms with Crippen molar-refractivity contribution in [3.05, 3.63) is 77.7 Å². The van der Waals surface area contributed by atoms with Crippen molar-refractivity contribution in [3.63, 3.8) is 0 Å². The van der Waals surface area contributed by atoms with E-state index < -0.39 is 22.2 Å². The number of fused-ring (bicyclic) bond motifs is 2. The maximum atomic E-state index is 7.41. The second kappa shape index (κ2) is 12.1. The maximum absolute atomic E-state index is 7.41. The van der Waals surface area contributed by atoms with Gasteiger partial charge < -0.3 is 24.2 Å². The normalized spacial score (nSPS) is 22.9. The van der Waals surface area contributed by atoms with Crippen LogP contribution < -0.4 is 16.1 Å². The van der Waals surface area contributed by atoms with E-state index in [4.69, 9.17) is 31.2 Å². The van der Waals surface area contributed by atoms with E-state index >= 15 is 0 Å². The molecule has 0 bridgehead atoms. The number of ether oxygens (including phenoxy) is 2. The topological polar surface area (TPSA) is 84.4 Å². The van der Waals surface area contributed by atoms with Crippen LogP contribution in [0.15, 0.2) is 66.9 Å². The summed E-state index contributed by atoms with van der Waals surface area (Å²) in [5, 5.41) is 2.99. The van der Waals surface area contributed by atoms with Crippen LogP contribution in [0.1, 0.15) is 45.6 Å². The lowest BCUT2D eigenvalue weighted by Gasteiger charge is -2.43. The molecule has 2 aromatic heterocycles. The Hall–Kier alpha value is -2.63. The van der Waals surface area contributed by atoms with Gasteiger partial charge in [-0.1, -0.05) is 107 Å². The van der Waals surface area contributed by atoms with Gasteiger partial charge in [0.15, 0.2) is 5.79 Å². The zero-order valence-corrected chi connectivity index (χ0v) is 31.4. The third-order valence-corrected chi connectivity index (χ3v) is 16.1. The van der Waals surface area contributed by atoms with Crippen molar-refractivity contribution in [2.45, 2.75) is 87.9 Å². The second-order valence-corrected chi connectivity index (χ2v) is 25.4. The van der Waals surface area contributed by atoms with Crippen molar-refractivity contribution in [1.82, 2.24) is 14.5 Å². The van der Waals surface area contributed by atoms with Crippen LogP contribution in [-0.4, -0.2) is 60.8 Å². The van der Waals surface area contributed by atoms with Gasteiger partial charge in [0, 0.05) is 12.8 Å². The predicted octanol–water partition coefficient (Wildman–Crippen LogP) is 6.61. The SMILES string of the molecule is CC1(C)O[C@@H]2[C@H](O1)[C@@H](CO[Si](c1ccccc1)(c1ccccc1)C(C)(C)C)S[C@H]2n1cc(C#C[Si](C)(C)C)c2c(N)nc(Cl)nc21. The van der Waals surface area contributed by atoms with Gasteiger partial charge in [0.25, 0.3) is 8.32 Å². The van der Waals surface area contributed by atoms with Crippen LogP contribution >= 0.6 is 23.4 Å². The molecule has 0 saturated carbocycles. The van der Waals surface area contributed by atoms with E-state index in [0.29, 0.717) is 18.1 Å². The number of benzene rings is 2. The van der Waals surface area contributed by atoms with E-state index in [2.05, 4.69) is 127 Å². The molecule has 2 aliphatic heterocycles. The number of nitrogens with two attached hydrogens (primary N) is 1. The van der Waals surface area contributed by atoms with Crippen LogP contribution in [0.3, 0.4) is 0 Å². The highest BCUT2D eigenvalue weighted by Crippen LogP contribution is 2.52. The van der Waals surface area contributed by atoms with Gasteiger partial charge in [-0.3, -0.25) is 0 Å². The third-order valence-electron chi connectivity index (χ3n) is 8.53. The summed E-state index contributed by atoms with van der Waals surface area (Å²) in [5.41, 5.74) is 11.4. The van der Waals surface area contributed by atoms with Gasteiger partial charge in [0.2, 0.25) is 5.28 Å². The summed E-state index contributed by atoms with van der Waals surface area (Å²) < 4.78 is 22.8. The molecule has 2 aliphatic rings. The average molecular weight is 691 g/mol. The Morgan fingerprint density at radius 1 is 0.978 bits per heavy atom. The highest BCUT2D eigenvalue weighted by Gasteiger charge is 2.57. The van der Waals surface area contributed by atoms with E-state index in [9.17, 15) is 0 Å². The molecule has 7 nitrogen and oxygen atoms in total. The molecule has 6 rings (SSSR count). The van der Waals surface area contributed by atoms with Gasteiger partial charge in [-0.15, -0.1) is 17.3 Å². The van der Waals surface area contributed by atoms with Crippen LogP contribution in [-0.2, 0) is 13.9 Å². The monoisotopic (exact) mass is 690 g/mol. The molecule has 4 aromatic rings. The Morgan fingerprint density at radius 2 is 1.57 bits per heavy atom. The zero-order chi connectivity index (χ0) is 33.1. The number of anilines is 1. The molecule has 4 heterocycles. The number of rotatable bonds is 6. The number of hydrogen-bond acceptors (Lipinski definition) is 7. The van der Waals surface area contributed by atoms with Crippen LogP contribution in [0.5, 0.6) is 0 Å². The fourth-order valence-electron chi connectivity index (χ4n) is 6.68. The molecule has 242 valence electrons. The summed E-state index contributed by atoms with van der Waals surface area (Å²) in [5.74, 6) is 2.98. The van der Waals surface area contributed by atoms with E-state index in [1.165, 1.54) is 10.4 Å². The predicted molar refractivity (Wildman–Crippen MR) is 195 cm³/mol. The first-order valence-electron chi connectivity index (χ1n) is 15.7. The molecular formula is C35H43ClN4O3SSi2. The number of halogens is 1. The molecule has 2 N–H and O–H groups in total. The van der Waals surface area contributed by atoms with Crippen molar-refractivity contribution < 1.29 is 13.9 Å². The van der Waals surface area contributed by atoms with Crippen molar-refractivity contribution >= 4 is 67.0 Å². The third kappa shape index (κ3) is 6.19. The number of hydrogen-bond donors (Lipinski definition) is 1. The quantitative estimate of drug-likeness (QED) is 0.139. The Bertz CT molecular complexity index is 1760. The van der Waals surface area contributed by atoms with Gasteiger partial charge in [-0.05, 0) is 40.9 Å². The lowest BCUT2D eigenvalue weighted by Crippen LogP contribution is -2.67. The number of aromatic nitrogens is 3. The van der Waals surface area contributed by atoms with E-state index in [-0.39, 0.29) is 33.2 Å². The fraction of sp³-hybridized carbons (Fsp3) is 0.429. The van der Waals surface area contributed by atoms with Gasteiger partial charge in [-0.2, -0.15) is 4.98 Å². The molecular weight excluding hydrogens is 648 g/mol. The smallest absolute Gasteiger partial charge is 0.261 e. The van der Waals surface area contributed by atoms with Crippen LogP contribution in [0.2, 0.25) is 30.0 Å². The summed E-state index contributed by atoms with van der Waals surface area (Å²) in [4.78, 5) is 8.94. The van der Waals surface area contributed by atoms with Crippen molar-refractivity contribution in [1.29, 1.82) is 0 Å². The fourth-order valence-corrected chi connectivity index (χ4v) is 13.6. The van der Waals surface area contributed by atoms with Gasteiger partial charge in [0.05, 0.1) is 16.2 Å². The maximum Gasteiger partial charge on any atom is 0.261 e. The molecule has 2 saturated heterocycles. The van der Waals surface area contributed by atoms with Gasteiger partial charge >= 0.3 is 0 Å². The van der Waals surface area contributed by atoms with E-state index in [1.54, 1.807) is 11.8 Å². The Kier molecular flexibility index (Phi) is 8.77. The van der Waals surface area contributed by atoms with Crippen molar-refractivity contribution in [3.8, 4) is 11.5 Å². The zero-order valence-electron chi connectivity index (χ0n) is 27.8. The van der Waals surface area contributed by atoms with E-state index in [0.717, 1.165) is 10.9 Å². The molecule has 46 heavy (non-hydrogen) atoms. The van der Waals surface area contributed by atoms with Gasteiger partial charge in [-0.25, -0.2) is 4.98 Å². The molecule has 4 atom stereocenters. The molecule has 2 aromatic carbocycles.